The molecule has 1 aliphatic rings. The lowest BCUT2D eigenvalue weighted by Crippen LogP contribution is -2.38. The van der Waals surface area contributed by atoms with Crippen LogP contribution < -0.4 is 14.4 Å². The van der Waals surface area contributed by atoms with Gasteiger partial charge in [-0.3, -0.25) is 0 Å². The molecule has 0 amide bonds. The van der Waals surface area contributed by atoms with Crippen LogP contribution in [0.1, 0.15) is 6.42 Å². The molecule has 0 aromatic heterocycles. The van der Waals surface area contributed by atoms with Crippen LogP contribution in [0.2, 0.25) is 0 Å². The van der Waals surface area contributed by atoms with Gasteiger partial charge in [-0.15, -0.1) is 0 Å². The molecule has 1 atom stereocenters. The van der Waals surface area contributed by atoms with Gasteiger partial charge in [-0.05, 0) is 23.6 Å². The Bertz CT molecular complexity index is 875. The number of ether oxygens (including phenoxy) is 2. The molecule has 0 spiro atoms. The third-order valence-corrected chi connectivity index (χ3v) is 4.71. The Morgan fingerprint density at radius 2 is 1.81 bits per heavy atom. The van der Waals surface area contributed by atoms with Crippen molar-refractivity contribution >= 4 is 16.5 Å². The summed E-state index contributed by atoms with van der Waals surface area (Å²) in [5.74, 6) is 1.75. The van der Waals surface area contributed by atoms with Crippen LogP contribution in [0.15, 0.2) is 66.7 Å². The summed E-state index contributed by atoms with van der Waals surface area (Å²) in [4.78, 5) is 2.18. The molecule has 4 rings (SSSR count). The number of para-hydroxylation sites is 2. The molecule has 4 heteroatoms. The molecule has 1 unspecified atom stereocenters. The topological polar surface area (TPSA) is 41.9 Å². The zero-order valence-electron chi connectivity index (χ0n) is 14.7. The lowest BCUT2D eigenvalue weighted by atomic mass is 10.1. The fourth-order valence-electron chi connectivity index (χ4n) is 3.39. The van der Waals surface area contributed by atoms with Crippen molar-refractivity contribution in [3.05, 3.63) is 66.7 Å². The van der Waals surface area contributed by atoms with E-state index in [0.717, 1.165) is 34.5 Å². The highest BCUT2D eigenvalue weighted by Crippen LogP contribution is 2.31. The molecule has 3 aromatic rings. The summed E-state index contributed by atoms with van der Waals surface area (Å²) < 4.78 is 11.6. The van der Waals surface area contributed by atoms with Gasteiger partial charge in [-0.2, -0.15) is 0 Å². The number of fused-ring (bicyclic) bond motifs is 2. The molecule has 0 radical (unpaired) electrons. The minimum absolute atomic E-state index is 0.448. The van der Waals surface area contributed by atoms with Gasteiger partial charge in [0.05, 0.1) is 24.9 Å². The molecule has 1 N–H and O–H groups in total. The Kier molecular flexibility index (Phi) is 4.93. The zero-order valence-corrected chi connectivity index (χ0v) is 14.7. The molecule has 1 heterocycles. The fourth-order valence-corrected chi connectivity index (χ4v) is 3.39. The third-order valence-electron chi connectivity index (χ3n) is 4.71. The number of hydrogen-bond acceptors (Lipinski definition) is 4. The number of hydrogen-bond donors (Lipinski definition) is 1. The molecule has 4 nitrogen and oxygen atoms in total. The van der Waals surface area contributed by atoms with Gasteiger partial charge >= 0.3 is 0 Å². The van der Waals surface area contributed by atoms with E-state index in [1.54, 1.807) is 0 Å². The second-order valence-electron chi connectivity index (χ2n) is 6.53. The van der Waals surface area contributed by atoms with Crippen molar-refractivity contribution in [1.82, 2.24) is 0 Å². The van der Waals surface area contributed by atoms with Gasteiger partial charge in [-0.25, -0.2) is 0 Å². The van der Waals surface area contributed by atoms with E-state index in [9.17, 15) is 5.11 Å². The SMILES string of the molecule is OC(CCOc1cccc2ccccc12)CN1CCOc2ccccc21. The molecule has 0 saturated heterocycles. The second-order valence-corrected chi connectivity index (χ2v) is 6.53. The summed E-state index contributed by atoms with van der Waals surface area (Å²) in [5.41, 5.74) is 1.05. The number of β-amino-alcohol motifs (C(OH)–C–C–N with tert-alkyl or cyclic N) is 1. The van der Waals surface area contributed by atoms with Crippen LogP contribution >= 0.6 is 0 Å². The standard InChI is InChI=1S/C22H23NO3/c24-18(16-23-13-15-26-22-10-4-3-9-20(22)23)12-14-25-21-11-5-7-17-6-1-2-8-19(17)21/h1-11,18,24H,12-16H2. The van der Waals surface area contributed by atoms with Gasteiger partial charge in [0.1, 0.15) is 18.1 Å². The molecule has 1 aliphatic heterocycles. The van der Waals surface area contributed by atoms with Crippen molar-refractivity contribution in [3.63, 3.8) is 0 Å². The smallest absolute Gasteiger partial charge is 0.142 e. The van der Waals surface area contributed by atoms with E-state index < -0.39 is 6.10 Å². The molecule has 0 fully saturated rings. The molecular weight excluding hydrogens is 326 g/mol. The first-order valence-corrected chi connectivity index (χ1v) is 9.07. The predicted molar refractivity (Wildman–Crippen MR) is 104 cm³/mol. The molecule has 0 aliphatic carbocycles. The number of anilines is 1. The van der Waals surface area contributed by atoms with Crippen molar-refractivity contribution in [3.8, 4) is 11.5 Å². The minimum Gasteiger partial charge on any atom is -0.493 e. The number of benzene rings is 3. The summed E-state index contributed by atoms with van der Waals surface area (Å²) in [6, 6.07) is 22.2. The average Bonchev–Trinajstić information content (AvgIpc) is 2.68. The lowest BCUT2D eigenvalue weighted by molar-refractivity contribution is 0.142. The molecule has 0 saturated carbocycles. The van der Waals surface area contributed by atoms with Gasteiger partial charge in [0.15, 0.2) is 0 Å². The van der Waals surface area contributed by atoms with Crippen LogP contribution in [0.25, 0.3) is 10.8 Å². The van der Waals surface area contributed by atoms with E-state index >= 15 is 0 Å². The Hall–Kier alpha value is -2.72. The fraction of sp³-hybridized carbons (Fsp3) is 0.273. The Morgan fingerprint density at radius 3 is 2.77 bits per heavy atom. The van der Waals surface area contributed by atoms with Crippen LogP contribution in [-0.2, 0) is 0 Å². The van der Waals surface area contributed by atoms with Crippen LogP contribution in [0.5, 0.6) is 11.5 Å². The number of aliphatic hydroxyl groups excluding tert-OH is 1. The maximum atomic E-state index is 10.5. The minimum atomic E-state index is -0.448. The molecule has 26 heavy (non-hydrogen) atoms. The monoisotopic (exact) mass is 349 g/mol. The first kappa shape index (κ1) is 16.7. The molecule has 0 bridgehead atoms. The van der Waals surface area contributed by atoms with E-state index in [-0.39, 0.29) is 0 Å². The second kappa shape index (κ2) is 7.67. The molecule has 134 valence electrons. The van der Waals surface area contributed by atoms with Gasteiger partial charge in [0.2, 0.25) is 0 Å². The Balaban J connectivity index is 1.34. The zero-order chi connectivity index (χ0) is 17.8. The van der Waals surface area contributed by atoms with Crippen molar-refractivity contribution in [1.29, 1.82) is 0 Å². The van der Waals surface area contributed by atoms with Crippen molar-refractivity contribution in [2.45, 2.75) is 12.5 Å². The molecular formula is C22H23NO3. The van der Waals surface area contributed by atoms with Crippen LogP contribution in [0.3, 0.4) is 0 Å². The highest BCUT2D eigenvalue weighted by atomic mass is 16.5. The van der Waals surface area contributed by atoms with Crippen molar-refractivity contribution in [2.75, 3.05) is 31.2 Å². The van der Waals surface area contributed by atoms with Gasteiger partial charge in [0.25, 0.3) is 0 Å². The van der Waals surface area contributed by atoms with Crippen LogP contribution in [-0.4, -0.2) is 37.5 Å². The quantitative estimate of drug-likeness (QED) is 0.734. The lowest BCUT2D eigenvalue weighted by Gasteiger charge is -2.32. The van der Waals surface area contributed by atoms with E-state index in [4.69, 9.17) is 9.47 Å². The average molecular weight is 349 g/mol. The summed E-state index contributed by atoms with van der Waals surface area (Å²) in [5, 5.41) is 12.7. The molecule has 3 aromatic carbocycles. The first-order valence-electron chi connectivity index (χ1n) is 9.07. The van der Waals surface area contributed by atoms with Crippen LogP contribution in [0.4, 0.5) is 5.69 Å². The van der Waals surface area contributed by atoms with E-state index in [1.807, 2.05) is 48.5 Å². The maximum Gasteiger partial charge on any atom is 0.142 e. The number of aliphatic hydroxyl groups is 1. The predicted octanol–water partition coefficient (Wildman–Crippen LogP) is 3.87. The normalized spacial score (nSPS) is 14.6. The van der Waals surface area contributed by atoms with Crippen molar-refractivity contribution in [2.24, 2.45) is 0 Å². The summed E-state index contributed by atoms with van der Waals surface area (Å²) in [6.07, 6.45) is 0.138. The number of rotatable bonds is 6. The highest BCUT2D eigenvalue weighted by molar-refractivity contribution is 5.88. The third kappa shape index (κ3) is 3.60. The Labute approximate surface area is 153 Å². The van der Waals surface area contributed by atoms with E-state index in [1.165, 1.54) is 0 Å². The van der Waals surface area contributed by atoms with Crippen molar-refractivity contribution < 1.29 is 14.6 Å². The Morgan fingerprint density at radius 1 is 1.00 bits per heavy atom. The summed E-state index contributed by atoms with van der Waals surface area (Å²) in [7, 11) is 0. The van der Waals surface area contributed by atoms with Crippen LogP contribution in [0, 0.1) is 0 Å². The van der Waals surface area contributed by atoms with Gasteiger partial charge in [-0.1, -0.05) is 48.5 Å². The summed E-state index contributed by atoms with van der Waals surface area (Å²) >= 11 is 0. The van der Waals surface area contributed by atoms with E-state index in [0.29, 0.717) is 26.2 Å². The van der Waals surface area contributed by atoms with Gasteiger partial charge < -0.3 is 19.5 Å². The highest BCUT2D eigenvalue weighted by Gasteiger charge is 2.20. The first-order chi connectivity index (χ1) is 12.8. The summed E-state index contributed by atoms with van der Waals surface area (Å²) in [6.45, 7) is 2.51. The maximum absolute atomic E-state index is 10.5. The van der Waals surface area contributed by atoms with Gasteiger partial charge in [0, 0.05) is 18.4 Å². The largest absolute Gasteiger partial charge is 0.493 e. The number of nitrogens with zero attached hydrogens (tertiary/aromatic N) is 1. The van der Waals surface area contributed by atoms with E-state index in [2.05, 4.69) is 23.1 Å².